The molecule has 0 unspecified atom stereocenters. The van der Waals surface area contributed by atoms with Crippen molar-refractivity contribution >= 4 is 22.8 Å². The summed E-state index contributed by atoms with van der Waals surface area (Å²) in [5.74, 6) is 0.864. The molecular formula is C57H79N2O3+. The molecule has 0 amide bonds. The molecule has 0 saturated carbocycles. The van der Waals surface area contributed by atoms with Crippen LogP contribution in [-0.4, -0.2) is 33.2 Å². The first-order valence-electron chi connectivity index (χ1n) is 23.4. The second kappa shape index (κ2) is 11.9. The molecule has 0 spiro atoms. The summed E-state index contributed by atoms with van der Waals surface area (Å²) in [6, 6.07) is 6.06. The van der Waals surface area contributed by atoms with Crippen LogP contribution in [0.25, 0.3) is 11.1 Å². The average molecular weight is 840 g/mol. The summed E-state index contributed by atoms with van der Waals surface area (Å²) in [7, 11) is 0. The summed E-state index contributed by atoms with van der Waals surface area (Å²) < 4.78 is 10.9. The molecule has 3 aromatic rings. The Labute approximate surface area is 374 Å². The highest BCUT2D eigenvalue weighted by Gasteiger charge is 2.69. The molecule has 0 saturated heterocycles. The third-order valence-electron chi connectivity index (χ3n) is 21.4. The molecule has 0 bridgehead atoms. The predicted octanol–water partition coefficient (Wildman–Crippen LogP) is 12.8. The molecule has 0 atom stereocenters. The van der Waals surface area contributed by atoms with E-state index in [0.29, 0.717) is 5.56 Å². The van der Waals surface area contributed by atoms with Gasteiger partial charge in [-0.1, -0.05) is 101 Å². The van der Waals surface area contributed by atoms with Gasteiger partial charge < -0.3 is 14.7 Å². The van der Waals surface area contributed by atoms with Crippen molar-refractivity contribution < 1.29 is 14.6 Å². The van der Waals surface area contributed by atoms with Gasteiger partial charge in [-0.05, 0) is 112 Å². The standard InChI is InChI=1S/C57H78N2O3/c1-29-26-27-34(35(28-29)47(60)61)39-37-31(3)36-30(2)33(5)51(12,13)58-43(36)41(49(8,9)53(16,17)55(58,20)21)45(37)62-46-38(39)32(4)40-44-42(46)50(10,11)54(18,19)57(24,25)59(44)56(22,23)52(14,15)48(40,6)7/h26-28H,1-25H3/p+1. The molecule has 5 nitrogen and oxygen atoms in total. The van der Waals surface area contributed by atoms with Crippen LogP contribution in [-0.2, 0) is 16.2 Å². The molecule has 0 radical (unpaired) electrons. The fourth-order valence-electron chi connectivity index (χ4n) is 14.2. The molecule has 0 aromatic heterocycles. The number of aryl methyl sites for hydroxylation is 1. The van der Waals surface area contributed by atoms with E-state index in [4.69, 9.17) is 4.74 Å². The van der Waals surface area contributed by atoms with E-state index in [0.717, 1.165) is 44.5 Å². The Morgan fingerprint density at radius 1 is 0.613 bits per heavy atom. The lowest BCUT2D eigenvalue weighted by Crippen LogP contribution is -2.76. The van der Waals surface area contributed by atoms with Crippen molar-refractivity contribution in [1.82, 2.24) is 4.58 Å². The molecule has 5 heteroatoms. The maximum absolute atomic E-state index is 13.7. The van der Waals surface area contributed by atoms with Crippen molar-refractivity contribution in [3.63, 3.8) is 0 Å². The minimum absolute atomic E-state index is 0.182. The van der Waals surface area contributed by atoms with E-state index in [1.54, 1.807) is 0 Å². The molecule has 0 aliphatic carbocycles. The molecule has 1 N–H and O–H groups in total. The number of fused-ring (bicyclic) bond motifs is 4. The zero-order valence-electron chi connectivity index (χ0n) is 43.4. The Bertz CT molecular complexity index is 2780. The number of hydrogen-bond acceptors (Lipinski definition) is 3. The van der Waals surface area contributed by atoms with E-state index < -0.39 is 5.97 Å². The first-order chi connectivity index (χ1) is 27.8. The van der Waals surface area contributed by atoms with Gasteiger partial charge >= 0.3 is 5.97 Å². The Morgan fingerprint density at radius 3 is 1.63 bits per heavy atom. The van der Waals surface area contributed by atoms with Crippen molar-refractivity contribution in [2.45, 2.75) is 211 Å². The smallest absolute Gasteiger partial charge is 0.336 e. The lowest BCUT2D eigenvalue weighted by molar-refractivity contribution is -0.000461. The van der Waals surface area contributed by atoms with Crippen molar-refractivity contribution in [2.75, 3.05) is 4.90 Å². The Hall–Kier alpha value is -3.86. The molecule has 8 rings (SSSR count). The third kappa shape index (κ3) is 4.48. The lowest BCUT2D eigenvalue weighted by atomic mass is 9.45. The summed E-state index contributed by atoms with van der Waals surface area (Å²) in [6.45, 7) is 60.2. The summed E-state index contributed by atoms with van der Waals surface area (Å²) in [5.41, 5.74) is 12.6. The van der Waals surface area contributed by atoms with Crippen molar-refractivity contribution in [3.05, 3.63) is 90.0 Å². The van der Waals surface area contributed by atoms with E-state index in [2.05, 4.69) is 188 Å². The zero-order valence-corrected chi connectivity index (χ0v) is 43.4. The van der Waals surface area contributed by atoms with Gasteiger partial charge in [0.2, 0.25) is 5.36 Å². The fourth-order valence-corrected chi connectivity index (χ4v) is 14.2. The lowest BCUT2D eigenvalue weighted by Gasteiger charge is -2.73. The van der Waals surface area contributed by atoms with Crippen molar-refractivity contribution in [3.8, 4) is 11.5 Å². The third-order valence-corrected chi connectivity index (χ3v) is 21.4. The van der Waals surface area contributed by atoms with Crippen LogP contribution in [0.1, 0.15) is 213 Å². The van der Waals surface area contributed by atoms with E-state index in [9.17, 15) is 9.90 Å². The molecule has 334 valence electrons. The number of ether oxygens (including phenoxy) is 1. The van der Waals surface area contributed by atoms with Crippen LogP contribution in [0, 0.1) is 37.0 Å². The fraction of sp³-hybridized carbons (Fsp3) is 0.614. The normalized spacial score (nSPS) is 25.0. The monoisotopic (exact) mass is 840 g/mol. The molecule has 3 aromatic carbocycles. The Kier molecular flexibility index (Phi) is 8.57. The number of rotatable bonds is 2. The highest BCUT2D eigenvalue weighted by molar-refractivity contribution is 6.01. The number of aromatic carboxylic acids is 1. The number of hydrogen-bond donors (Lipinski definition) is 1. The van der Waals surface area contributed by atoms with E-state index in [1.807, 2.05) is 13.0 Å². The number of carboxylic acid groups (broad SMARTS) is 1. The quantitative estimate of drug-likeness (QED) is 0.204. The highest BCUT2D eigenvalue weighted by Crippen LogP contribution is 2.71. The largest absolute Gasteiger partial charge is 0.478 e. The summed E-state index contributed by atoms with van der Waals surface area (Å²) >= 11 is 0. The van der Waals surface area contributed by atoms with Gasteiger partial charge in [0.25, 0.3) is 0 Å². The predicted molar refractivity (Wildman–Crippen MR) is 260 cm³/mol. The van der Waals surface area contributed by atoms with Crippen molar-refractivity contribution in [1.29, 1.82) is 0 Å². The molecule has 5 aliphatic heterocycles. The van der Waals surface area contributed by atoms with E-state index in [1.165, 1.54) is 50.0 Å². The van der Waals surface area contributed by atoms with Crippen LogP contribution < -0.4 is 24.8 Å². The van der Waals surface area contributed by atoms with Gasteiger partial charge in [-0.2, -0.15) is 0 Å². The van der Waals surface area contributed by atoms with Gasteiger partial charge in [0.15, 0.2) is 11.1 Å². The van der Waals surface area contributed by atoms with Crippen LogP contribution in [0.4, 0.5) is 5.69 Å². The van der Waals surface area contributed by atoms with Gasteiger partial charge in [0.05, 0.1) is 16.7 Å². The van der Waals surface area contributed by atoms with Crippen LogP contribution in [0.3, 0.4) is 0 Å². The number of benzene rings is 3. The molecule has 0 fully saturated rings. The Balaban J connectivity index is 1.79. The van der Waals surface area contributed by atoms with E-state index in [-0.39, 0.29) is 54.6 Å². The molecular weight excluding hydrogens is 761 g/mol. The van der Waals surface area contributed by atoms with Gasteiger partial charge in [0.1, 0.15) is 11.5 Å². The molecule has 62 heavy (non-hydrogen) atoms. The highest BCUT2D eigenvalue weighted by atomic mass is 16.5. The van der Waals surface area contributed by atoms with E-state index >= 15 is 0 Å². The minimum Gasteiger partial charge on any atom is -0.478 e. The molecule has 5 aliphatic rings. The van der Waals surface area contributed by atoms with Gasteiger partial charge in [-0.15, -0.1) is 0 Å². The van der Waals surface area contributed by atoms with Crippen molar-refractivity contribution in [2.24, 2.45) is 16.2 Å². The topological polar surface area (TPSA) is 52.8 Å². The SMILES string of the molecule is CC1=C(C)C(C)(C)[N+]2=c3c1c(C)c1c(c3C(C)(C)C(C)(C)C2(C)C)Oc2c(c(C)c3c4c2C(C)(C)C(C)(C)C(C)(C)N4C(C)(C)C(C)(C)C3(C)C)C=1c1ccc(C)cc1C(=O)O. The van der Waals surface area contributed by atoms with Gasteiger partial charge in [-0.3, -0.25) is 0 Å². The number of allylic oxidation sites excluding steroid dienone is 1. The summed E-state index contributed by atoms with van der Waals surface area (Å²) in [6.07, 6.45) is 0. The minimum atomic E-state index is -0.916. The maximum atomic E-state index is 13.7. The number of anilines is 1. The van der Waals surface area contributed by atoms with Gasteiger partial charge in [-0.25, -0.2) is 9.37 Å². The number of nitrogens with zero attached hydrogens (tertiary/aromatic N) is 2. The average Bonchev–Trinajstić information content (AvgIpc) is 3.10. The first-order valence-corrected chi connectivity index (χ1v) is 23.4. The zero-order chi connectivity index (χ0) is 47.0. The second-order valence-corrected chi connectivity index (χ2v) is 25.6. The number of carboxylic acids is 1. The number of carbonyl (C=O) groups is 1. The van der Waals surface area contributed by atoms with Crippen LogP contribution >= 0.6 is 0 Å². The van der Waals surface area contributed by atoms with Crippen LogP contribution in [0.5, 0.6) is 11.5 Å². The molecule has 5 heterocycles. The summed E-state index contributed by atoms with van der Waals surface area (Å²) in [4.78, 5) is 16.5. The van der Waals surface area contributed by atoms with Crippen LogP contribution in [0.2, 0.25) is 0 Å². The Morgan fingerprint density at radius 2 is 1.11 bits per heavy atom. The second-order valence-electron chi connectivity index (χ2n) is 25.6. The summed E-state index contributed by atoms with van der Waals surface area (Å²) in [5, 5.41) is 13.5. The van der Waals surface area contributed by atoms with Crippen LogP contribution in [0.15, 0.2) is 23.8 Å². The maximum Gasteiger partial charge on any atom is 0.336 e. The first kappa shape index (κ1) is 44.7. The van der Waals surface area contributed by atoms with Gasteiger partial charge in [0, 0.05) is 88.2 Å².